The highest BCUT2D eigenvalue weighted by Gasteiger charge is 2.29. The lowest BCUT2D eigenvalue weighted by Crippen LogP contribution is -2.40. The van der Waals surface area contributed by atoms with Gasteiger partial charge in [0.05, 0.1) is 16.1 Å². The maximum atomic E-state index is 12.6. The summed E-state index contributed by atoms with van der Waals surface area (Å²) in [4.78, 5) is 21.3. The molecular weight excluding hydrogens is 410 g/mol. The van der Waals surface area contributed by atoms with Crippen molar-refractivity contribution in [2.75, 3.05) is 6.54 Å². The molecule has 0 aliphatic rings. The first kappa shape index (κ1) is 18.7. The number of halogens is 1. The van der Waals surface area contributed by atoms with Gasteiger partial charge in [0.15, 0.2) is 0 Å². The molecule has 1 aromatic carbocycles. The third kappa shape index (κ3) is 4.37. The summed E-state index contributed by atoms with van der Waals surface area (Å²) in [7, 11) is 0. The van der Waals surface area contributed by atoms with Gasteiger partial charge >= 0.3 is 0 Å². The van der Waals surface area contributed by atoms with Crippen molar-refractivity contribution in [1.29, 1.82) is 0 Å². The van der Waals surface area contributed by atoms with E-state index in [0.29, 0.717) is 6.54 Å². The van der Waals surface area contributed by atoms with Gasteiger partial charge in [-0.15, -0.1) is 11.3 Å². The highest BCUT2D eigenvalue weighted by atomic mass is 79.9. The van der Waals surface area contributed by atoms with E-state index in [0.717, 1.165) is 32.7 Å². The molecule has 0 radical (unpaired) electrons. The van der Waals surface area contributed by atoms with Crippen LogP contribution in [0.1, 0.15) is 24.4 Å². The van der Waals surface area contributed by atoms with E-state index in [1.807, 2.05) is 55.6 Å². The second kappa shape index (κ2) is 8.10. The van der Waals surface area contributed by atoms with E-state index in [4.69, 9.17) is 0 Å². The first-order valence-electron chi connectivity index (χ1n) is 8.36. The highest BCUT2D eigenvalue weighted by molar-refractivity contribution is 9.10. The van der Waals surface area contributed by atoms with E-state index in [-0.39, 0.29) is 5.91 Å². The Morgan fingerprint density at radius 1 is 1.15 bits per heavy atom. The van der Waals surface area contributed by atoms with Crippen molar-refractivity contribution in [2.24, 2.45) is 0 Å². The number of thiazole rings is 1. The van der Waals surface area contributed by atoms with Crippen molar-refractivity contribution in [3.05, 3.63) is 69.2 Å². The Hall–Kier alpha value is -2.05. The summed E-state index contributed by atoms with van der Waals surface area (Å²) in [6.45, 7) is 4.45. The normalized spacial score (nSPS) is 11.3. The SMILES string of the molecule is CC(C)(C(=O)NCCc1nc(-c2ccncc2)cs1)c1ccc(Br)cc1. The Kier molecular flexibility index (Phi) is 5.84. The van der Waals surface area contributed by atoms with Crippen molar-refractivity contribution in [2.45, 2.75) is 25.7 Å². The molecule has 3 aromatic rings. The van der Waals surface area contributed by atoms with Crippen LogP contribution in [0.5, 0.6) is 0 Å². The molecule has 4 nitrogen and oxygen atoms in total. The van der Waals surface area contributed by atoms with Crippen LogP contribution < -0.4 is 5.32 Å². The number of benzene rings is 1. The minimum absolute atomic E-state index is 0.0192. The summed E-state index contributed by atoms with van der Waals surface area (Å²) < 4.78 is 1.01. The first-order valence-corrected chi connectivity index (χ1v) is 10.0. The van der Waals surface area contributed by atoms with Crippen LogP contribution in [-0.4, -0.2) is 22.4 Å². The van der Waals surface area contributed by atoms with Crippen LogP contribution in [0.4, 0.5) is 0 Å². The molecular formula is C20H20BrN3OS. The largest absolute Gasteiger partial charge is 0.355 e. The van der Waals surface area contributed by atoms with Gasteiger partial charge in [-0.2, -0.15) is 0 Å². The van der Waals surface area contributed by atoms with Crippen molar-refractivity contribution in [1.82, 2.24) is 15.3 Å². The topological polar surface area (TPSA) is 54.9 Å². The van der Waals surface area contributed by atoms with Gasteiger partial charge in [-0.25, -0.2) is 4.98 Å². The molecule has 134 valence electrons. The van der Waals surface area contributed by atoms with Gasteiger partial charge in [-0.3, -0.25) is 9.78 Å². The molecule has 6 heteroatoms. The molecule has 0 atom stereocenters. The summed E-state index contributed by atoms with van der Waals surface area (Å²) in [5, 5.41) is 6.09. The second-order valence-electron chi connectivity index (χ2n) is 6.50. The number of hydrogen-bond donors (Lipinski definition) is 1. The zero-order valence-electron chi connectivity index (χ0n) is 14.7. The predicted molar refractivity (Wildman–Crippen MR) is 109 cm³/mol. The zero-order chi connectivity index (χ0) is 18.6. The van der Waals surface area contributed by atoms with Crippen LogP contribution >= 0.6 is 27.3 Å². The van der Waals surface area contributed by atoms with Crippen LogP contribution in [0.2, 0.25) is 0 Å². The summed E-state index contributed by atoms with van der Waals surface area (Å²) in [5.74, 6) is 0.0192. The Bertz CT molecular complexity index is 876. The van der Waals surface area contributed by atoms with Gasteiger partial charge in [0.1, 0.15) is 0 Å². The zero-order valence-corrected chi connectivity index (χ0v) is 17.1. The number of pyridine rings is 1. The molecule has 3 rings (SSSR count). The molecule has 0 unspecified atom stereocenters. The molecule has 0 bridgehead atoms. The summed E-state index contributed by atoms with van der Waals surface area (Å²) in [5.41, 5.74) is 2.43. The quantitative estimate of drug-likeness (QED) is 0.622. The van der Waals surface area contributed by atoms with E-state index < -0.39 is 5.41 Å². The minimum Gasteiger partial charge on any atom is -0.355 e. The molecule has 0 fully saturated rings. The predicted octanol–water partition coefficient (Wildman–Crippen LogP) is 4.60. The molecule has 0 spiro atoms. The van der Waals surface area contributed by atoms with Gasteiger partial charge in [-0.05, 0) is 43.7 Å². The average Bonchev–Trinajstić information content (AvgIpc) is 3.11. The second-order valence-corrected chi connectivity index (χ2v) is 8.36. The lowest BCUT2D eigenvalue weighted by molar-refractivity contribution is -0.125. The van der Waals surface area contributed by atoms with Gasteiger partial charge in [-0.1, -0.05) is 28.1 Å². The molecule has 0 aliphatic heterocycles. The van der Waals surface area contributed by atoms with E-state index >= 15 is 0 Å². The minimum atomic E-state index is -0.578. The van der Waals surface area contributed by atoms with Crippen LogP contribution in [0.25, 0.3) is 11.3 Å². The Labute approximate surface area is 165 Å². The monoisotopic (exact) mass is 429 g/mol. The molecule has 0 saturated heterocycles. The number of aromatic nitrogens is 2. The fourth-order valence-electron chi connectivity index (χ4n) is 2.58. The number of rotatable bonds is 6. The number of amides is 1. The van der Waals surface area contributed by atoms with Crippen molar-refractivity contribution in [3.8, 4) is 11.3 Å². The van der Waals surface area contributed by atoms with Crippen LogP contribution in [-0.2, 0) is 16.6 Å². The maximum absolute atomic E-state index is 12.6. The van der Waals surface area contributed by atoms with Gasteiger partial charge < -0.3 is 5.32 Å². The van der Waals surface area contributed by atoms with Crippen molar-refractivity contribution >= 4 is 33.2 Å². The number of nitrogens with one attached hydrogen (secondary N) is 1. The molecule has 1 N–H and O–H groups in total. The average molecular weight is 430 g/mol. The summed E-state index contributed by atoms with van der Waals surface area (Å²) in [6, 6.07) is 11.8. The molecule has 2 aromatic heterocycles. The maximum Gasteiger partial charge on any atom is 0.230 e. The van der Waals surface area contributed by atoms with Gasteiger partial charge in [0.25, 0.3) is 0 Å². The third-order valence-corrected chi connectivity index (χ3v) is 5.72. The van der Waals surface area contributed by atoms with Gasteiger partial charge in [0.2, 0.25) is 5.91 Å². The van der Waals surface area contributed by atoms with Crippen LogP contribution in [0.15, 0.2) is 58.6 Å². The van der Waals surface area contributed by atoms with E-state index in [2.05, 4.69) is 31.2 Å². The van der Waals surface area contributed by atoms with Crippen molar-refractivity contribution in [3.63, 3.8) is 0 Å². The number of hydrogen-bond acceptors (Lipinski definition) is 4. The first-order chi connectivity index (χ1) is 12.5. The number of carbonyl (C=O) groups is 1. The van der Waals surface area contributed by atoms with E-state index in [1.165, 1.54) is 0 Å². The van der Waals surface area contributed by atoms with Crippen LogP contribution in [0.3, 0.4) is 0 Å². The number of nitrogens with zero attached hydrogens (tertiary/aromatic N) is 2. The molecule has 26 heavy (non-hydrogen) atoms. The summed E-state index contributed by atoms with van der Waals surface area (Å²) in [6.07, 6.45) is 4.25. The smallest absolute Gasteiger partial charge is 0.230 e. The molecule has 1 amide bonds. The standard InChI is InChI=1S/C20H20BrN3OS/c1-20(2,15-3-5-16(21)6-4-15)19(25)23-12-9-18-24-17(13-26-18)14-7-10-22-11-8-14/h3-8,10-11,13H,9,12H2,1-2H3,(H,23,25). The van der Waals surface area contributed by atoms with Gasteiger partial charge in [0, 0.05) is 40.8 Å². The molecule has 2 heterocycles. The Balaban J connectivity index is 1.57. The van der Waals surface area contributed by atoms with E-state index in [1.54, 1.807) is 23.7 Å². The fraction of sp³-hybridized carbons (Fsp3) is 0.250. The lowest BCUT2D eigenvalue weighted by atomic mass is 9.84. The van der Waals surface area contributed by atoms with Crippen molar-refractivity contribution < 1.29 is 4.79 Å². The highest BCUT2D eigenvalue weighted by Crippen LogP contribution is 2.25. The number of carbonyl (C=O) groups excluding carboxylic acids is 1. The fourth-order valence-corrected chi connectivity index (χ4v) is 3.65. The molecule has 0 aliphatic carbocycles. The Morgan fingerprint density at radius 3 is 2.54 bits per heavy atom. The Morgan fingerprint density at radius 2 is 1.85 bits per heavy atom. The van der Waals surface area contributed by atoms with E-state index in [9.17, 15) is 4.79 Å². The third-order valence-electron chi connectivity index (χ3n) is 4.29. The van der Waals surface area contributed by atoms with Crippen LogP contribution in [0, 0.1) is 0 Å². The molecule has 0 saturated carbocycles. The lowest BCUT2D eigenvalue weighted by Gasteiger charge is -2.24. The summed E-state index contributed by atoms with van der Waals surface area (Å²) >= 11 is 5.04.